The topological polar surface area (TPSA) is 84.2 Å². The highest BCUT2D eigenvalue weighted by atomic mass is 28.4. The van der Waals surface area contributed by atoms with E-state index in [1.54, 1.807) is 0 Å². The van der Waals surface area contributed by atoms with Crippen molar-refractivity contribution in [3.8, 4) is 0 Å². The van der Waals surface area contributed by atoms with Crippen LogP contribution in [0.2, 0.25) is 0 Å². The van der Waals surface area contributed by atoms with E-state index in [2.05, 4.69) is 62.9 Å². The average Bonchev–Trinajstić information content (AvgIpc) is 2.56. The number of hydrogen-bond acceptors (Lipinski definition) is 7. The summed E-state index contributed by atoms with van der Waals surface area (Å²) in [6, 6.07) is 12.1. The Bertz CT molecular complexity index is 349. The molecule has 0 aromatic heterocycles. The minimum absolute atomic E-state index is 0.105. The molecule has 1 rings (SSSR count). The molecule has 0 heterocycles. The Morgan fingerprint density at radius 3 is 1.73 bits per heavy atom. The summed E-state index contributed by atoms with van der Waals surface area (Å²) < 4.78 is 25.2. The Balaban J connectivity index is 1.73. The fourth-order valence-electron chi connectivity index (χ4n) is 1.85. The zero-order chi connectivity index (χ0) is 15.7. The predicted octanol–water partition coefficient (Wildman–Crippen LogP) is -9.33. The highest BCUT2D eigenvalue weighted by molar-refractivity contribution is 6.63. The molecule has 0 aliphatic rings. The van der Waals surface area contributed by atoms with Gasteiger partial charge >= 0.3 is 0 Å². The third kappa shape index (κ3) is 13.1. The molecule has 0 saturated heterocycles. The van der Waals surface area contributed by atoms with E-state index in [4.69, 9.17) is 0 Å². The molecule has 0 aliphatic heterocycles. The lowest BCUT2D eigenvalue weighted by Gasteiger charge is -2.08. The first kappa shape index (κ1) is 20.7. The van der Waals surface area contributed by atoms with Crippen LogP contribution < -0.4 is 32.5 Å². The highest BCUT2D eigenvalue weighted by Gasteiger charge is 1.93. The highest BCUT2D eigenvalue weighted by Crippen LogP contribution is 1.96. The van der Waals surface area contributed by atoms with Gasteiger partial charge in [-0.1, -0.05) is 30.3 Å². The van der Waals surface area contributed by atoms with Crippen molar-refractivity contribution in [2.24, 2.45) is 0 Å². The molecular weight excluding hydrogens is 407 g/mol. The summed E-state index contributed by atoms with van der Waals surface area (Å²) in [6.45, 7) is 0. The molecule has 0 radical (unpaired) electrons. The van der Waals surface area contributed by atoms with Gasteiger partial charge in [-0.25, -0.2) is 0 Å². The Hall–Kier alpha value is 0.675. The quantitative estimate of drug-likeness (QED) is 0.108. The summed E-state index contributed by atoms with van der Waals surface area (Å²) in [6.07, 6.45) is 0. The number of rotatable bonds is 15. The van der Waals surface area contributed by atoms with Gasteiger partial charge in [0.2, 0.25) is 0 Å². The first-order chi connectivity index (χ1) is 10.9. The molecule has 0 aliphatic carbocycles. The third-order valence-electron chi connectivity index (χ3n) is 2.99. The Morgan fingerprint density at radius 2 is 1.18 bits per heavy atom. The van der Waals surface area contributed by atoms with Crippen LogP contribution in [-0.4, -0.2) is 79.1 Å². The van der Waals surface area contributed by atoms with Crippen LogP contribution in [0.4, 0.5) is 0 Å². The van der Waals surface area contributed by atoms with Crippen molar-refractivity contribution >= 4 is 79.1 Å². The molecule has 22 heavy (non-hydrogen) atoms. The lowest BCUT2D eigenvalue weighted by atomic mass is 10.2. The van der Waals surface area contributed by atoms with Crippen molar-refractivity contribution < 1.29 is 0 Å². The lowest BCUT2D eigenvalue weighted by Crippen LogP contribution is -2.52. The molecular formula is C7H31N7Si8. The van der Waals surface area contributed by atoms with Crippen molar-refractivity contribution in [3.63, 3.8) is 0 Å². The molecule has 0 fully saturated rings. The average molecular weight is 438 g/mol. The van der Waals surface area contributed by atoms with E-state index < -0.39 is 0 Å². The lowest BCUT2D eigenvalue weighted by molar-refractivity contribution is 1.29. The van der Waals surface area contributed by atoms with Gasteiger partial charge in [-0.2, -0.15) is 0 Å². The summed E-state index contributed by atoms with van der Waals surface area (Å²) in [7, 11) is -0.0657. The van der Waals surface area contributed by atoms with Gasteiger partial charge < -0.3 is 32.5 Å². The van der Waals surface area contributed by atoms with Crippen molar-refractivity contribution in [2.45, 2.75) is 6.04 Å². The van der Waals surface area contributed by atoms with Crippen LogP contribution in [0.25, 0.3) is 0 Å². The first-order valence-electron chi connectivity index (χ1n) is 7.86. The smallest absolute Gasteiger partial charge is 0.155 e. The SMILES string of the molecule is [SiH3]N[SiH2]N[SiH2]N[SiH2]N[SiH2]N[SiH2]N[SiH2]N[SiH2]Cc1ccccc1. The largest absolute Gasteiger partial charge is 0.360 e. The number of hydrogen-bond donors (Lipinski definition) is 7. The van der Waals surface area contributed by atoms with Crippen LogP contribution in [0.15, 0.2) is 30.3 Å². The molecule has 126 valence electrons. The van der Waals surface area contributed by atoms with Gasteiger partial charge in [0, 0.05) is 0 Å². The fourth-order valence-corrected chi connectivity index (χ4v) is 21.1. The second-order valence-corrected chi connectivity index (χ2v) is 22.8. The van der Waals surface area contributed by atoms with Gasteiger partial charge in [0.05, 0.1) is 20.1 Å². The van der Waals surface area contributed by atoms with E-state index in [-0.39, 0.29) is 68.7 Å². The Morgan fingerprint density at radius 1 is 0.682 bits per heavy atom. The van der Waals surface area contributed by atoms with Crippen molar-refractivity contribution in [3.05, 3.63) is 35.9 Å². The summed E-state index contributed by atoms with van der Waals surface area (Å²) in [5, 5.41) is 0. The van der Waals surface area contributed by atoms with Crippen molar-refractivity contribution in [1.29, 1.82) is 0 Å². The molecule has 0 saturated carbocycles. The first-order valence-corrected chi connectivity index (χ1v) is 19.1. The van der Waals surface area contributed by atoms with Gasteiger partial charge in [-0.3, -0.25) is 0 Å². The maximum absolute atomic E-state index is 3.72. The zero-order valence-corrected chi connectivity index (χ0v) is 25.4. The van der Waals surface area contributed by atoms with Gasteiger partial charge in [0.1, 0.15) is 0 Å². The van der Waals surface area contributed by atoms with Gasteiger partial charge in [-0.05, 0) is 11.6 Å². The second kappa shape index (κ2) is 16.5. The van der Waals surface area contributed by atoms with E-state index in [0.717, 1.165) is 10.4 Å². The van der Waals surface area contributed by atoms with Gasteiger partial charge in [-0.15, -0.1) is 0 Å². The van der Waals surface area contributed by atoms with E-state index in [9.17, 15) is 0 Å². The van der Waals surface area contributed by atoms with Crippen LogP contribution in [0.1, 0.15) is 5.56 Å². The van der Waals surface area contributed by atoms with Crippen LogP contribution >= 0.6 is 0 Å². The third-order valence-corrected chi connectivity index (χ3v) is 17.6. The zero-order valence-electron chi connectivity index (χ0n) is 13.5. The molecule has 0 unspecified atom stereocenters. The van der Waals surface area contributed by atoms with E-state index in [0.29, 0.717) is 0 Å². The number of nitrogens with one attached hydrogen (secondary N) is 7. The monoisotopic (exact) mass is 437 g/mol. The summed E-state index contributed by atoms with van der Waals surface area (Å²) >= 11 is 0. The van der Waals surface area contributed by atoms with Crippen LogP contribution in [0.5, 0.6) is 0 Å². The normalized spacial score (nSPS) is 14.9. The minimum atomic E-state index is -0.215. The molecule has 7 nitrogen and oxygen atoms in total. The molecule has 0 amide bonds. The van der Waals surface area contributed by atoms with Crippen molar-refractivity contribution in [2.75, 3.05) is 0 Å². The fraction of sp³-hybridized carbons (Fsp3) is 0.143. The maximum Gasteiger partial charge on any atom is 0.155 e. The molecule has 15 heteroatoms. The summed E-state index contributed by atoms with van der Waals surface area (Å²) in [5.74, 6) is 0. The Labute approximate surface area is 153 Å². The summed E-state index contributed by atoms with van der Waals surface area (Å²) in [4.78, 5) is 0. The molecule has 7 N–H and O–H groups in total. The molecule has 0 spiro atoms. The second-order valence-electron chi connectivity index (χ2n) is 4.90. The predicted molar refractivity (Wildman–Crippen MR) is 122 cm³/mol. The van der Waals surface area contributed by atoms with Gasteiger partial charge in [0.15, 0.2) is 59.1 Å². The molecule has 1 aromatic rings. The standard InChI is InChI=1S/C7H31N7Si8/c15-8-17-10-19-12-21-14-22-13-20-11-18-9-16-6-7-4-2-1-3-5-7/h1-5,8-14H,6,16-22H2,15H3. The Kier molecular flexibility index (Phi) is 15.6. The molecule has 0 bridgehead atoms. The van der Waals surface area contributed by atoms with E-state index >= 15 is 0 Å². The van der Waals surface area contributed by atoms with Crippen LogP contribution in [0, 0.1) is 0 Å². The molecule has 0 atom stereocenters. The van der Waals surface area contributed by atoms with E-state index in [1.165, 1.54) is 11.6 Å². The van der Waals surface area contributed by atoms with Crippen LogP contribution in [0.3, 0.4) is 0 Å². The van der Waals surface area contributed by atoms with Crippen molar-refractivity contribution in [1.82, 2.24) is 32.5 Å². The van der Waals surface area contributed by atoms with E-state index in [1.807, 2.05) is 0 Å². The summed E-state index contributed by atoms with van der Waals surface area (Å²) in [5.41, 5.74) is 1.48. The number of benzene rings is 1. The minimum Gasteiger partial charge on any atom is -0.360 e. The van der Waals surface area contributed by atoms with Gasteiger partial charge in [0.25, 0.3) is 0 Å². The molecule has 1 aromatic carbocycles. The van der Waals surface area contributed by atoms with Crippen LogP contribution in [-0.2, 0) is 6.04 Å². The maximum atomic E-state index is 3.72.